The molecule has 4 nitrogen and oxygen atoms in total. The van der Waals surface area contributed by atoms with Gasteiger partial charge in [-0.15, -0.1) is 0 Å². The van der Waals surface area contributed by atoms with Crippen LogP contribution in [0.15, 0.2) is 48.5 Å². The molecule has 0 unspecified atom stereocenters. The van der Waals surface area contributed by atoms with Crippen LogP contribution < -0.4 is 10.1 Å². The van der Waals surface area contributed by atoms with Gasteiger partial charge in [-0.3, -0.25) is 4.79 Å². The summed E-state index contributed by atoms with van der Waals surface area (Å²) in [4.78, 5) is 11.8. The molecule has 0 spiro atoms. The van der Waals surface area contributed by atoms with E-state index in [4.69, 9.17) is 10.00 Å². The lowest BCUT2D eigenvalue weighted by Crippen LogP contribution is -2.20. The van der Waals surface area contributed by atoms with Crippen molar-refractivity contribution in [1.82, 2.24) is 0 Å². The molecular weight excluding hydrogens is 264 g/mol. The molecule has 0 radical (unpaired) electrons. The number of rotatable bonds is 5. The maximum Gasteiger partial charge on any atom is 0.262 e. The molecule has 1 N–H and O–H groups in total. The molecule has 0 fully saturated rings. The van der Waals surface area contributed by atoms with E-state index in [2.05, 4.69) is 12.2 Å². The number of nitrogens with zero attached hydrogens (tertiary/aromatic N) is 1. The summed E-state index contributed by atoms with van der Waals surface area (Å²) >= 11 is 0. The molecule has 21 heavy (non-hydrogen) atoms. The number of nitrogens with one attached hydrogen (secondary N) is 1. The minimum atomic E-state index is -0.260. The van der Waals surface area contributed by atoms with E-state index in [1.807, 2.05) is 30.3 Å². The Hall–Kier alpha value is -2.80. The van der Waals surface area contributed by atoms with Gasteiger partial charge < -0.3 is 10.1 Å². The number of amides is 1. The average molecular weight is 280 g/mol. The molecule has 1 amide bonds. The number of hydrogen-bond acceptors (Lipinski definition) is 3. The molecule has 0 aliphatic heterocycles. The molecule has 106 valence electrons. The predicted octanol–water partition coefficient (Wildman–Crippen LogP) is 3.14. The third-order valence-corrected chi connectivity index (χ3v) is 2.98. The van der Waals surface area contributed by atoms with Crippen LogP contribution in [0.5, 0.6) is 5.75 Å². The first kappa shape index (κ1) is 14.6. The van der Waals surface area contributed by atoms with Gasteiger partial charge in [0, 0.05) is 5.69 Å². The molecule has 0 atom stereocenters. The SMILES string of the molecule is CCc1ccc(OCC(=O)Nc2cccc(C#N)c2)cc1. The maximum absolute atomic E-state index is 11.8. The summed E-state index contributed by atoms with van der Waals surface area (Å²) in [5.41, 5.74) is 2.31. The van der Waals surface area contributed by atoms with Gasteiger partial charge in [-0.2, -0.15) is 5.26 Å². The number of aryl methyl sites for hydroxylation is 1. The summed E-state index contributed by atoms with van der Waals surface area (Å²) in [6.45, 7) is 2.01. The Bertz CT molecular complexity index is 657. The highest BCUT2D eigenvalue weighted by Crippen LogP contribution is 2.13. The fourth-order valence-electron chi connectivity index (χ4n) is 1.83. The number of hydrogen-bond donors (Lipinski definition) is 1. The van der Waals surface area contributed by atoms with Gasteiger partial charge in [-0.25, -0.2) is 0 Å². The largest absolute Gasteiger partial charge is 0.484 e. The smallest absolute Gasteiger partial charge is 0.262 e. The molecule has 2 aromatic rings. The van der Waals surface area contributed by atoms with Crippen molar-refractivity contribution in [2.45, 2.75) is 13.3 Å². The first-order valence-corrected chi connectivity index (χ1v) is 6.73. The van der Waals surface area contributed by atoms with Crippen LogP contribution in [0.25, 0.3) is 0 Å². The van der Waals surface area contributed by atoms with Gasteiger partial charge in [0.05, 0.1) is 11.6 Å². The van der Waals surface area contributed by atoms with E-state index in [0.717, 1.165) is 6.42 Å². The summed E-state index contributed by atoms with van der Waals surface area (Å²) in [5, 5.41) is 11.5. The van der Waals surface area contributed by atoms with E-state index in [1.54, 1.807) is 24.3 Å². The average Bonchev–Trinajstić information content (AvgIpc) is 2.53. The van der Waals surface area contributed by atoms with Gasteiger partial charge >= 0.3 is 0 Å². The number of carbonyl (C=O) groups is 1. The summed E-state index contributed by atoms with van der Waals surface area (Å²) in [6, 6.07) is 16.4. The van der Waals surface area contributed by atoms with Crippen LogP contribution in [0.1, 0.15) is 18.1 Å². The fraction of sp³-hybridized carbons (Fsp3) is 0.176. The third kappa shape index (κ3) is 4.36. The summed E-state index contributed by atoms with van der Waals surface area (Å²) < 4.78 is 5.42. The molecule has 2 rings (SSSR count). The van der Waals surface area contributed by atoms with Crippen LogP contribution in [0.2, 0.25) is 0 Å². The van der Waals surface area contributed by atoms with Crippen LogP contribution in [0.4, 0.5) is 5.69 Å². The normalized spacial score (nSPS) is 9.71. The van der Waals surface area contributed by atoms with Gasteiger partial charge in [0.2, 0.25) is 0 Å². The second kappa shape index (κ2) is 7.11. The standard InChI is InChI=1S/C17H16N2O2/c1-2-13-6-8-16(9-7-13)21-12-17(20)19-15-5-3-4-14(10-15)11-18/h3-10H,2,12H2,1H3,(H,19,20). The lowest BCUT2D eigenvalue weighted by atomic mass is 10.2. The zero-order valence-corrected chi connectivity index (χ0v) is 11.8. The van der Waals surface area contributed by atoms with Gasteiger partial charge in [-0.1, -0.05) is 25.1 Å². The van der Waals surface area contributed by atoms with Crippen molar-refractivity contribution < 1.29 is 9.53 Å². The second-order valence-electron chi connectivity index (χ2n) is 4.53. The molecule has 0 heterocycles. The van der Waals surface area contributed by atoms with E-state index >= 15 is 0 Å². The molecule has 0 saturated carbocycles. The fourth-order valence-corrected chi connectivity index (χ4v) is 1.83. The molecule has 0 aliphatic carbocycles. The highest BCUT2D eigenvalue weighted by atomic mass is 16.5. The van der Waals surface area contributed by atoms with Crippen molar-refractivity contribution in [3.05, 3.63) is 59.7 Å². The summed E-state index contributed by atoms with van der Waals surface area (Å²) in [5.74, 6) is 0.401. The number of anilines is 1. The van der Waals surface area contributed by atoms with Crippen molar-refractivity contribution in [1.29, 1.82) is 5.26 Å². The Balaban J connectivity index is 1.88. The van der Waals surface area contributed by atoms with E-state index in [-0.39, 0.29) is 12.5 Å². The molecular formula is C17H16N2O2. The molecule has 0 saturated heterocycles. The number of benzene rings is 2. The van der Waals surface area contributed by atoms with Crippen molar-refractivity contribution in [3.63, 3.8) is 0 Å². The van der Waals surface area contributed by atoms with Crippen molar-refractivity contribution >= 4 is 11.6 Å². The topological polar surface area (TPSA) is 62.1 Å². The van der Waals surface area contributed by atoms with Crippen molar-refractivity contribution in [3.8, 4) is 11.8 Å². The van der Waals surface area contributed by atoms with Crippen LogP contribution >= 0.6 is 0 Å². The predicted molar refractivity (Wildman–Crippen MR) is 81.1 cm³/mol. The van der Waals surface area contributed by atoms with Crippen molar-refractivity contribution in [2.24, 2.45) is 0 Å². The number of ether oxygens (including phenoxy) is 1. The van der Waals surface area contributed by atoms with E-state index in [9.17, 15) is 4.79 Å². The first-order valence-electron chi connectivity index (χ1n) is 6.73. The van der Waals surface area contributed by atoms with E-state index in [0.29, 0.717) is 17.0 Å². The van der Waals surface area contributed by atoms with Crippen LogP contribution in [0, 0.1) is 11.3 Å². The molecule has 0 bridgehead atoms. The Kier molecular flexibility index (Phi) is 4.94. The third-order valence-electron chi connectivity index (χ3n) is 2.98. The van der Waals surface area contributed by atoms with Gasteiger partial charge in [0.25, 0.3) is 5.91 Å². The second-order valence-corrected chi connectivity index (χ2v) is 4.53. The molecule has 0 aliphatic rings. The maximum atomic E-state index is 11.8. The summed E-state index contributed by atoms with van der Waals surface area (Å²) in [7, 11) is 0. The number of carbonyl (C=O) groups excluding carboxylic acids is 1. The van der Waals surface area contributed by atoms with Gasteiger partial charge in [-0.05, 0) is 42.3 Å². The Morgan fingerprint density at radius 2 is 2.00 bits per heavy atom. The van der Waals surface area contributed by atoms with Crippen LogP contribution in [-0.2, 0) is 11.2 Å². The molecule has 4 heteroatoms. The highest BCUT2D eigenvalue weighted by molar-refractivity contribution is 5.92. The highest BCUT2D eigenvalue weighted by Gasteiger charge is 2.04. The molecule has 0 aromatic heterocycles. The van der Waals surface area contributed by atoms with Gasteiger partial charge in [0.1, 0.15) is 5.75 Å². The number of nitriles is 1. The van der Waals surface area contributed by atoms with E-state index in [1.165, 1.54) is 5.56 Å². The van der Waals surface area contributed by atoms with Crippen LogP contribution in [0.3, 0.4) is 0 Å². The Morgan fingerprint density at radius 3 is 2.67 bits per heavy atom. The van der Waals surface area contributed by atoms with Gasteiger partial charge in [0.15, 0.2) is 6.61 Å². The lowest BCUT2D eigenvalue weighted by Gasteiger charge is -2.08. The van der Waals surface area contributed by atoms with Crippen molar-refractivity contribution in [2.75, 3.05) is 11.9 Å². The Labute approximate surface area is 124 Å². The minimum absolute atomic E-state index is 0.0672. The Morgan fingerprint density at radius 1 is 1.24 bits per heavy atom. The quantitative estimate of drug-likeness (QED) is 0.915. The zero-order valence-electron chi connectivity index (χ0n) is 11.8. The lowest BCUT2D eigenvalue weighted by molar-refractivity contribution is -0.118. The van der Waals surface area contributed by atoms with Crippen LogP contribution in [-0.4, -0.2) is 12.5 Å². The minimum Gasteiger partial charge on any atom is -0.484 e. The molecule has 2 aromatic carbocycles. The summed E-state index contributed by atoms with van der Waals surface area (Å²) in [6.07, 6.45) is 0.968. The van der Waals surface area contributed by atoms with E-state index < -0.39 is 0 Å². The zero-order chi connectivity index (χ0) is 15.1. The first-order chi connectivity index (χ1) is 10.2. The monoisotopic (exact) mass is 280 g/mol.